The molecule has 3 rings (SSSR count). The predicted octanol–water partition coefficient (Wildman–Crippen LogP) is 2.56. The predicted molar refractivity (Wildman–Crippen MR) is 96.8 cm³/mol. The quantitative estimate of drug-likeness (QED) is 0.887. The number of ether oxygens (including phenoxy) is 2. The van der Waals surface area contributed by atoms with Gasteiger partial charge in [-0.15, -0.1) is 0 Å². The van der Waals surface area contributed by atoms with E-state index < -0.39 is 0 Å². The van der Waals surface area contributed by atoms with Crippen molar-refractivity contribution in [3.8, 4) is 0 Å². The molecule has 1 N–H and O–H groups in total. The lowest BCUT2D eigenvalue weighted by Crippen LogP contribution is -2.44. The molecule has 0 unspecified atom stereocenters. The standard InChI is InChI=1S/C19H29N3O3/c1-15-5-9-22(10-6-15)18(23)16-3-4-17(20-13-16)21-14-19(24-2)7-11-25-12-8-19/h3-4,13,15H,5-12,14H2,1-2H3,(H,20,21). The number of rotatable bonds is 5. The van der Waals surface area contributed by atoms with Crippen LogP contribution in [0.2, 0.25) is 0 Å². The third kappa shape index (κ3) is 4.50. The van der Waals surface area contributed by atoms with Crippen LogP contribution in [0.15, 0.2) is 18.3 Å². The fourth-order valence-corrected chi connectivity index (χ4v) is 3.47. The maximum absolute atomic E-state index is 12.6. The topological polar surface area (TPSA) is 63.7 Å². The Hall–Kier alpha value is -1.66. The maximum Gasteiger partial charge on any atom is 0.255 e. The first kappa shape index (κ1) is 18.1. The monoisotopic (exact) mass is 347 g/mol. The summed E-state index contributed by atoms with van der Waals surface area (Å²) in [5.74, 6) is 1.57. The largest absolute Gasteiger partial charge is 0.381 e. The van der Waals surface area contributed by atoms with E-state index in [1.54, 1.807) is 13.3 Å². The number of anilines is 1. The molecule has 6 heteroatoms. The summed E-state index contributed by atoms with van der Waals surface area (Å²) in [6.45, 7) is 6.08. The molecular weight excluding hydrogens is 318 g/mol. The number of carbonyl (C=O) groups is 1. The van der Waals surface area contributed by atoms with Gasteiger partial charge in [0.05, 0.1) is 11.2 Å². The number of likely N-dealkylation sites (tertiary alicyclic amines) is 1. The van der Waals surface area contributed by atoms with Crippen LogP contribution in [0.3, 0.4) is 0 Å². The molecule has 1 aromatic heterocycles. The summed E-state index contributed by atoms with van der Waals surface area (Å²) in [5, 5.41) is 3.34. The zero-order valence-corrected chi connectivity index (χ0v) is 15.3. The van der Waals surface area contributed by atoms with Crippen molar-refractivity contribution in [3.05, 3.63) is 23.9 Å². The van der Waals surface area contributed by atoms with Crippen LogP contribution in [0.4, 0.5) is 5.82 Å². The number of amides is 1. The van der Waals surface area contributed by atoms with Crippen LogP contribution in [0.25, 0.3) is 0 Å². The number of aromatic nitrogens is 1. The Morgan fingerprint density at radius 3 is 2.68 bits per heavy atom. The van der Waals surface area contributed by atoms with Gasteiger partial charge >= 0.3 is 0 Å². The molecule has 0 aliphatic carbocycles. The van der Waals surface area contributed by atoms with Gasteiger partial charge < -0.3 is 19.7 Å². The minimum absolute atomic E-state index is 0.0868. The van der Waals surface area contributed by atoms with E-state index in [1.165, 1.54) is 0 Å². The molecule has 0 aromatic carbocycles. The minimum Gasteiger partial charge on any atom is -0.381 e. The molecule has 1 amide bonds. The summed E-state index contributed by atoms with van der Waals surface area (Å²) < 4.78 is 11.1. The molecule has 0 radical (unpaired) electrons. The smallest absolute Gasteiger partial charge is 0.255 e. The minimum atomic E-state index is -0.196. The molecular formula is C19H29N3O3. The van der Waals surface area contributed by atoms with Gasteiger partial charge in [0.2, 0.25) is 0 Å². The lowest BCUT2D eigenvalue weighted by Gasteiger charge is -2.36. The Morgan fingerprint density at radius 1 is 1.36 bits per heavy atom. The normalized spacial score (nSPS) is 21.1. The van der Waals surface area contributed by atoms with Crippen LogP contribution in [0.5, 0.6) is 0 Å². The van der Waals surface area contributed by atoms with E-state index >= 15 is 0 Å². The first-order valence-electron chi connectivity index (χ1n) is 9.24. The molecule has 6 nitrogen and oxygen atoms in total. The van der Waals surface area contributed by atoms with Crippen LogP contribution in [0.1, 0.15) is 43.0 Å². The maximum atomic E-state index is 12.6. The third-order valence-electron chi connectivity index (χ3n) is 5.51. The van der Waals surface area contributed by atoms with Crippen molar-refractivity contribution in [1.29, 1.82) is 0 Å². The van der Waals surface area contributed by atoms with E-state index in [0.717, 1.165) is 57.8 Å². The molecule has 0 bridgehead atoms. The fourth-order valence-electron chi connectivity index (χ4n) is 3.47. The number of pyridine rings is 1. The van der Waals surface area contributed by atoms with Gasteiger partial charge in [-0.05, 0) is 30.9 Å². The van der Waals surface area contributed by atoms with Crippen molar-refractivity contribution in [3.63, 3.8) is 0 Å². The van der Waals surface area contributed by atoms with Crippen molar-refractivity contribution in [2.45, 2.75) is 38.2 Å². The van der Waals surface area contributed by atoms with E-state index in [-0.39, 0.29) is 11.5 Å². The molecule has 3 heterocycles. The van der Waals surface area contributed by atoms with Gasteiger partial charge in [-0.1, -0.05) is 6.92 Å². The average molecular weight is 347 g/mol. The van der Waals surface area contributed by atoms with E-state index in [9.17, 15) is 4.79 Å². The molecule has 1 aromatic rings. The molecule has 2 fully saturated rings. The highest BCUT2D eigenvalue weighted by molar-refractivity contribution is 5.94. The number of carbonyl (C=O) groups excluding carboxylic acids is 1. The van der Waals surface area contributed by atoms with Gasteiger partial charge in [0.15, 0.2) is 0 Å². The number of hydrogen-bond acceptors (Lipinski definition) is 5. The molecule has 2 saturated heterocycles. The second kappa shape index (κ2) is 8.15. The third-order valence-corrected chi connectivity index (χ3v) is 5.51. The highest BCUT2D eigenvalue weighted by Gasteiger charge is 2.32. The molecule has 2 aliphatic heterocycles. The molecule has 0 spiro atoms. The van der Waals surface area contributed by atoms with Crippen LogP contribution < -0.4 is 5.32 Å². The molecule has 0 saturated carbocycles. The van der Waals surface area contributed by atoms with Crippen molar-refractivity contribution in [1.82, 2.24) is 9.88 Å². The Kier molecular flexibility index (Phi) is 5.91. The summed E-state index contributed by atoms with van der Waals surface area (Å²) in [4.78, 5) is 18.9. The summed E-state index contributed by atoms with van der Waals surface area (Å²) in [6.07, 6.45) is 5.59. The first-order valence-corrected chi connectivity index (χ1v) is 9.24. The average Bonchev–Trinajstić information content (AvgIpc) is 2.67. The van der Waals surface area contributed by atoms with E-state index in [1.807, 2.05) is 17.0 Å². The lowest BCUT2D eigenvalue weighted by molar-refractivity contribution is -0.0807. The highest BCUT2D eigenvalue weighted by atomic mass is 16.5. The van der Waals surface area contributed by atoms with Gasteiger partial charge in [-0.25, -0.2) is 4.98 Å². The van der Waals surface area contributed by atoms with Crippen molar-refractivity contribution >= 4 is 11.7 Å². The van der Waals surface area contributed by atoms with E-state index in [4.69, 9.17) is 9.47 Å². The van der Waals surface area contributed by atoms with E-state index in [0.29, 0.717) is 18.0 Å². The number of piperidine rings is 1. The molecule has 25 heavy (non-hydrogen) atoms. The van der Waals surface area contributed by atoms with Crippen molar-refractivity contribution in [2.24, 2.45) is 5.92 Å². The van der Waals surface area contributed by atoms with Gasteiger partial charge in [0.1, 0.15) is 5.82 Å². The summed E-state index contributed by atoms with van der Waals surface area (Å²) >= 11 is 0. The van der Waals surface area contributed by atoms with Crippen molar-refractivity contribution in [2.75, 3.05) is 45.3 Å². The van der Waals surface area contributed by atoms with Gasteiger partial charge in [0, 0.05) is 59.0 Å². The Labute approximate surface area is 149 Å². The SMILES string of the molecule is COC1(CNc2ccc(C(=O)N3CCC(C)CC3)cn2)CCOCC1. The zero-order valence-electron chi connectivity index (χ0n) is 15.3. The second-order valence-corrected chi connectivity index (χ2v) is 7.26. The Balaban J connectivity index is 1.55. The highest BCUT2D eigenvalue weighted by Crippen LogP contribution is 2.25. The number of nitrogens with zero attached hydrogens (tertiary/aromatic N) is 2. The van der Waals surface area contributed by atoms with Crippen LogP contribution in [0, 0.1) is 5.92 Å². The zero-order chi connectivity index (χ0) is 17.7. The number of methoxy groups -OCH3 is 1. The molecule has 2 aliphatic rings. The fraction of sp³-hybridized carbons (Fsp3) is 0.684. The Bertz CT molecular complexity index is 562. The van der Waals surface area contributed by atoms with Gasteiger partial charge in [-0.3, -0.25) is 4.79 Å². The molecule has 0 atom stereocenters. The second-order valence-electron chi connectivity index (χ2n) is 7.26. The van der Waals surface area contributed by atoms with Crippen LogP contribution >= 0.6 is 0 Å². The first-order chi connectivity index (χ1) is 12.1. The van der Waals surface area contributed by atoms with Crippen molar-refractivity contribution < 1.29 is 14.3 Å². The van der Waals surface area contributed by atoms with Crippen LogP contribution in [-0.2, 0) is 9.47 Å². The number of hydrogen-bond donors (Lipinski definition) is 1. The van der Waals surface area contributed by atoms with E-state index in [2.05, 4.69) is 17.2 Å². The van der Waals surface area contributed by atoms with Gasteiger partial charge in [0.25, 0.3) is 5.91 Å². The molecule has 138 valence electrons. The summed E-state index contributed by atoms with van der Waals surface area (Å²) in [7, 11) is 1.75. The van der Waals surface area contributed by atoms with Crippen LogP contribution in [-0.4, -0.2) is 61.3 Å². The Morgan fingerprint density at radius 2 is 2.08 bits per heavy atom. The lowest BCUT2D eigenvalue weighted by atomic mass is 9.94. The summed E-state index contributed by atoms with van der Waals surface area (Å²) in [6, 6.07) is 3.74. The van der Waals surface area contributed by atoms with Gasteiger partial charge in [-0.2, -0.15) is 0 Å². The summed E-state index contributed by atoms with van der Waals surface area (Å²) in [5.41, 5.74) is 0.464. The number of nitrogens with one attached hydrogen (secondary N) is 1.